The Kier molecular flexibility index (Phi) is 57.2. The highest BCUT2D eigenvalue weighted by Gasteiger charge is 2.47. The maximum atomic E-state index is 12.9. The number of aliphatic hydroxyl groups is 6. The molecule has 0 spiro atoms. The molecule has 6 unspecified atom stereocenters. The number of hydrogen-bond acceptors (Lipinski definition) is 21. The van der Waals surface area contributed by atoms with Gasteiger partial charge in [0.1, 0.15) is 54.9 Å². The summed E-state index contributed by atoms with van der Waals surface area (Å²) in [4.78, 5) is 51.7. The summed E-state index contributed by atoms with van der Waals surface area (Å²) in [5, 5.41) is 71.5. The van der Waals surface area contributed by atoms with E-state index in [1.54, 1.807) is 0 Å². The summed E-state index contributed by atoms with van der Waals surface area (Å²) in [6.45, 7) is 10.9. The molecule has 3 aliphatic heterocycles. The lowest BCUT2D eigenvalue weighted by Crippen LogP contribution is -2.64. The second kappa shape index (κ2) is 63.0. The fraction of sp³-hybridized carbons (Fsp3) is 0.848. The standard InChI is InChI=1S/C79H143N5O20/c1-5-7-9-11-13-15-17-19-21-23-25-27-29-31-33-39-45-79(46-40-34-32-30-28-26-24-22-20-18-16-14-12-10-8-6-2)101-63-70(104-79)84(49-41-35-37-43-68(89)80-47-51-95-53-55-97-57-59-99-77-71(82-64(3)87)75(93)73(91)66(61-85)102-77)50-42-36-38-44-69(90)81-48-52-96-54-56-98-58-60-100-78-72(83-65(4)88)76(94)74(92)67(62-86)103-78/h13-16,19-22,66-67,70-78,85-86,91-94H,5-12,17-18,23-63H2,1-4H3,(H,80,89)(H,81,90)(H,82,87)(H,83,88)/b15-13-,16-14-,21-19-,22-20-/t66?,67?,70-,71?,72?,73+,74+,75?,76?,77-,78-/m1/s1. The van der Waals surface area contributed by atoms with E-state index in [1.165, 1.54) is 117 Å². The van der Waals surface area contributed by atoms with Crippen LogP contribution in [0, 0.1) is 0 Å². The Hall–Kier alpha value is -3.84. The van der Waals surface area contributed by atoms with E-state index in [9.17, 15) is 49.8 Å². The zero-order valence-electron chi connectivity index (χ0n) is 64.4. The third kappa shape index (κ3) is 45.2. The number of allylic oxidation sites excluding steroid dienone is 8. The molecular formula is C79H143N5O20. The van der Waals surface area contributed by atoms with Gasteiger partial charge in [0.2, 0.25) is 23.6 Å². The van der Waals surface area contributed by atoms with Gasteiger partial charge in [0.05, 0.1) is 85.9 Å². The number of amides is 4. The maximum absolute atomic E-state index is 12.9. The van der Waals surface area contributed by atoms with Gasteiger partial charge in [-0.2, -0.15) is 0 Å². The summed E-state index contributed by atoms with van der Waals surface area (Å²) in [7, 11) is 0. The van der Waals surface area contributed by atoms with Gasteiger partial charge in [-0.25, -0.2) is 0 Å². The van der Waals surface area contributed by atoms with Gasteiger partial charge in [0.25, 0.3) is 0 Å². The predicted molar refractivity (Wildman–Crippen MR) is 402 cm³/mol. The molecule has 0 aromatic carbocycles. The molecule has 3 aliphatic rings. The first-order valence-corrected chi connectivity index (χ1v) is 40.2. The fourth-order valence-electron chi connectivity index (χ4n) is 12.8. The van der Waals surface area contributed by atoms with E-state index in [0.717, 1.165) is 116 Å². The molecule has 0 radical (unpaired) electrons. The van der Waals surface area contributed by atoms with Gasteiger partial charge >= 0.3 is 0 Å². The van der Waals surface area contributed by atoms with Crippen molar-refractivity contribution in [2.75, 3.05) is 112 Å². The first-order valence-electron chi connectivity index (χ1n) is 40.2. The topological polar surface area (TPSA) is 333 Å². The van der Waals surface area contributed by atoms with E-state index in [1.807, 2.05) is 0 Å². The van der Waals surface area contributed by atoms with Gasteiger partial charge in [0.15, 0.2) is 18.4 Å². The summed E-state index contributed by atoms with van der Waals surface area (Å²) in [6, 6.07) is -2.06. The molecule has 0 bridgehead atoms. The van der Waals surface area contributed by atoms with E-state index in [0.29, 0.717) is 45.8 Å². The van der Waals surface area contributed by atoms with Crippen LogP contribution in [0.3, 0.4) is 0 Å². The Balaban J connectivity index is 1.48. The van der Waals surface area contributed by atoms with Crippen LogP contribution in [0.5, 0.6) is 0 Å². The molecule has 0 saturated carbocycles. The number of carbonyl (C=O) groups is 4. The number of unbranched alkanes of at least 4 members (excludes halogenated alkanes) is 22. The van der Waals surface area contributed by atoms with Crippen LogP contribution in [0.1, 0.15) is 246 Å². The monoisotopic (exact) mass is 1480 g/mol. The van der Waals surface area contributed by atoms with Crippen molar-refractivity contribution in [3.05, 3.63) is 48.6 Å². The number of ether oxygens (including phenoxy) is 10. The van der Waals surface area contributed by atoms with Gasteiger partial charge in [0, 0.05) is 65.7 Å². The molecule has 10 N–H and O–H groups in total. The third-order valence-electron chi connectivity index (χ3n) is 18.9. The van der Waals surface area contributed by atoms with Crippen LogP contribution in [0.15, 0.2) is 48.6 Å². The summed E-state index contributed by atoms with van der Waals surface area (Å²) in [6.07, 6.45) is 44.6. The fourth-order valence-corrected chi connectivity index (χ4v) is 12.8. The van der Waals surface area contributed by atoms with E-state index >= 15 is 0 Å². The first-order chi connectivity index (χ1) is 50.7. The highest BCUT2D eigenvalue weighted by atomic mass is 16.8. The van der Waals surface area contributed by atoms with Crippen molar-refractivity contribution < 1.29 is 97.2 Å². The molecule has 4 amide bonds. The second-order valence-electron chi connectivity index (χ2n) is 27.9. The summed E-state index contributed by atoms with van der Waals surface area (Å²) >= 11 is 0. The molecule has 3 rings (SSSR count). The van der Waals surface area contributed by atoms with Crippen molar-refractivity contribution in [2.45, 2.75) is 319 Å². The lowest BCUT2D eigenvalue weighted by molar-refractivity contribution is -0.272. The van der Waals surface area contributed by atoms with Crippen LogP contribution in [0.2, 0.25) is 0 Å². The van der Waals surface area contributed by atoms with Crippen LogP contribution in [-0.2, 0) is 66.5 Å². The minimum Gasteiger partial charge on any atom is -0.394 e. The lowest BCUT2D eigenvalue weighted by Gasteiger charge is -2.42. The van der Waals surface area contributed by atoms with Gasteiger partial charge in [-0.15, -0.1) is 0 Å². The molecule has 604 valence electrons. The van der Waals surface area contributed by atoms with Gasteiger partial charge in [-0.1, -0.05) is 152 Å². The SMILES string of the molecule is CCCCC/C=C\C/C=C\CCCCCCCCC1(CCCCCCCC/C=C\C/C=C\CCCCC)OC[C@H](N(CCCCCC(=O)NCCOCCOCCO[C@@H]2OC(CO)[C@H](O)C(O)C2NC(C)=O)CCCCCC(=O)NCCOCCOCCO[C@@H]2OC(CO)[C@H](O)C(O)C2NC(C)=O)O1. The Morgan fingerprint density at radius 1 is 0.442 bits per heavy atom. The number of nitrogens with zero attached hydrogens (tertiary/aromatic N) is 1. The molecule has 25 nitrogen and oxygen atoms in total. The summed E-state index contributed by atoms with van der Waals surface area (Å²) < 4.78 is 59.1. The number of aliphatic hydroxyl groups excluding tert-OH is 6. The smallest absolute Gasteiger partial charge is 0.220 e. The van der Waals surface area contributed by atoms with Crippen LogP contribution in [-0.4, -0.2) is 245 Å². The van der Waals surface area contributed by atoms with E-state index in [-0.39, 0.29) is 70.9 Å². The van der Waals surface area contributed by atoms with E-state index in [4.69, 9.17) is 47.4 Å². The van der Waals surface area contributed by atoms with Crippen LogP contribution in [0.25, 0.3) is 0 Å². The van der Waals surface area contributed by atoms with Crippen molar-refractivity contribution in [1.82, 2.24) is 26.2 Å². The number of nitrogens with one attached hydrogen (secondary N) is 4. The average Bonchev–Trinajstić information content (AvgIpc) is 0.855. The van der Waals surface area contributed by atoms with E-state index < -0.39 is 92.1 Å². The molecule has 3 saturated heterocycles. The van der Waals surface area contributed by atoms with Crippen LogP contribution < -0.4 is 21.3 Å². The molecule has 0 aromatic rings. The van der Waals surface area contributed by atoms with Crippen LogP contribution in [0.4, 0.5) is 0 Å². The molecule has 25 heteroatoms. The molecule has 0 aromatic heterocycles. The first kappa shape index (κ1) is 94.4. The summed E-state index contributed by atoms with van der Waals surface area (Å²) in [5.74, 6) is -1.57. The number of carbonyl (C=O) groups excluding carboxylic acids is 4. The largest absolute Gasteiger partial charge is 0.394 e. The number of hydrogen-bond donors (Lipinski definition) is 10. The molecule has 0 aliphatic carbocycles. The quantitative estimate of drug-likeness (QED) is 0.0200. The molecule has 11 atom stereocenters. The Bertz CT molecular complexity index is 2110. The Morgan fingerprint density at radius 3 is 1.18 bits per heavy atom. The number of rotatable bonds is 67. The van der Waals surface area contributed by atoms with Crippen molar-refractivity contribution >= 4 is 23.6 Å². The van der Waals surface area contributed by atoms with Crippen molar-refractivity contribution in [1.29, 1.82) is 0 Å². The molecular weight excluding hydrogens is 1340 g/mol. The highest BCUT2D eigenvalue weighted by Crippen LogP contribution is 2.36. The minimum atomic E-state index is -1.40. The van der Waals surface area contributed by atoms with Gasteiger partial charge in [-0.05, 0) is 103 Å². The van der Waals surface area contributed by atoms with Crippen molar-refractivity contribution in [3.8, 4) is 0 Å². The minimum absolute atomic E-state index is 0.0363. The normalized spacial score (nSPS) is 22.8. The Morgan fingerprint density at radius 2 is 0.798 bits per heavy atom. The summed E-state index contributed by atoms with van der Waals surface area (Å²) in [5.41, 5.74) is 0. The average molecular weight is 1480 g/mol. The molecule has 3 fully saturated rings. The maximum Gasteiger partial charge on any atom is 0.220 e. The predicted octanol–water partition coefficient (Wildman–Crippen LogP) is 9.11. The van der Waals surface area contributed by atoms with Crippen LogP contribution >= 0.6 is 0 Å². The molecule has 3 heterocycles. The highest BCUT2D eigenvalue weighted by molar-refractivity contribution is 5.76. The van der Waals surface area contributed by atoms with Gasteiger partial charge < -0.3 is 99.3 Å². The zero-order valence-corrected chi connectivity index (χ0v) is 64.4. The zero-order chi connectivity index (χ0) is 75.4. The van der Waals surface area contributed by atoms with E-state index in [2.05, 4.69) is 88.6 Å². The Labute approximate surface area is 624 Å². The van der Waals surface area contributed by atoms with Gasteiger partial charge in [-0.3, -0.25) is 24.1 Å². The lowest BCUT2D eigenvalue weighted by atomic mass is 9.97. The molecule has 104 heavy (non-hydrogen) atoms. The van der Waals surface area contributed by atoms with Crippen molar-refractivity contribution in [3.63, 3.8) is 0 Å². The third-order valence-corrected chi connectivity index (χ3v) is 18.9. The second-order valence-corrected chi connectivity index (χ2v) is 27.9. The van der Waals surface area contributed by atoms with Crippen molar-refractivity contribution in [2.24, 2.45) is 0 Å².